The molecule has 3 unspecified atom stereocenters. The van der Waals surface area contributed by atoms with E-state index in [9.17, 15) is 9.59 Å². The Morgan fingerprint density at radius 2 is 1.58 bits per heavy atom. The first-order valence-corrected chi connectivity index (χ1v) is 9.01. The van der Waals surface area contributed by atoms with Gasteiger partial charge in [0.2, 0.25) is 5.91 Å². The summed E-state index contributed by atoms with van der Waals surface area (Å²) in [5.74, 6) is 0.401. The maximum absolute atomic E-state index is 12.6. The molecule has 4 heteroatoms. The molecule has 1 rings (SSSR count). The highest BCUT2D eigenvalue weighted by atomic mass is 16.2. The first-order chi connectivity index (χ1) is 11.3. The monoisotopic (exact) mass is 332 g/mol. The quantitative estimate of drug-likeness (QED) is 0.723. The highest BCUT2D eigenvalue weighted by Crippen LogP contribution is 2.11. The van der Waals surface area contributed by atoms with E-state index < -0.39 is 6.04 Å². The highest BCUT2D eigenvalue weighted by Gasteiger charge is 2.27. The van der Waals surface area contributed by atoms with Crippen LogP contribution in [-0.2, 0) is 4.79 Å². The summed E-state index contributed by atoms with van der Waals surface area (Å²) in [5.41, 5.74) is 0.575. The van der Waals surface area contributed by atoms with E-state index in [4.69, 9.17) is 0 Å². The first kappa shape index (κ1) is 20.2. The summed E-state index contributed by atoms with van der Waals surface area (Å²) < 4.78 is 0. The van der Waals surface area contributed by atoms with Gasteiger partial charge < -0.3 is 10.6 Å². The summed E-state index contributed by atoms with van der Waals surface area (Å²) in [6.45, 7) is 10.4. The molecule has 0 saturated heterocycles. The van der Waals surface area contributed by atoms with Gasteiger partial charge in [0.15, 0.2) is 0 Å². The number of rotatable bonds is 9. The van der Waals surface area contributed by atoms with Crippen molar-refractivity contribution in [1.82, 2.24) is 10.6 Å². The standard InChI is InChI=1S/C20H32N2O2/c1-6-15(4)18(20(24)21-16(5)13-12-14(2)3)22-19(23)17-10-8-7-9-11-17/h7-11,14-16,18H,6,12-13H2,1-5H3,(H,21,24)(H,22,23). The molecule has 0 aliphatic rings. The fourth-order valence-corrected chi connectivity index (χ4v) is 2.50. The van der Waals surface area contributed by atoms with Crippen molar-refractivity contribution in [2.24, 2.45) is 11.8 Å². The van der Waals surface area contributed by atoms with Crippen LogP contribution in [0.15, 0.2) is 30.3 Å². The van der Waals surface area contributed by atoms with Crippen molar-refractivity contribution in [1.29, 1.82) is 0 Å². The zero-order valence-electron chi connectivity index (χ0n) is 15.6. The molecule has 134 valence electrons. The molecule has 0 aromatic heterocycles. The van der Waals surface area contributed by atoms with Crippen LogP contribution in [0.5, 0.6) is 0 Å². The van der Waals surface area contributed by atoms with E-state index in [0.29, 0.717) is 11.5 Å². The minimum Gasteiger partial charge on any atom is -0.352 e. The molecule has 0 saturated carbocycles. The summed E-state index contributed by atoms with van der Waals surface area (Å²) in [7, 11) is 0. The molecule has 0 fully saturated rings. The van der Waals surface area contributed by atoms with Crippen LogP contribution in [0.2, 0.25) is 0 Å². The summed E-state index contributed by atoms with van der Waals surface area (Å²) in [6.07, 6.45) is 2.85. The van der Waals surface area contributed by atoms with Gasteiger partial charge in [0.05, 0.1) is 0 Å². The smallest absolute Gasteiger partial charge is 0.251 e. The highest BCUT2D eigenvalue weighted by molar-refractivity contribution is 5.97. The molecule has 2 N–H and O–H groups in total. The normalized spacial score (nSPS) is 14.8. The Kier molecular flexibility index (Phi) is 8.51. The zero-order valence-corrected chi connectivity index (χ0v) is 15.6. The molecule has 0 spiro atoms. The number of carbonyl (C=O) groups is 2. The maximum atomic E-state index is 12.6. The predicted octanol–water partition coefficient (Wildman–Crippen LogP) is 3.77. The Hall–Kier alpha value is -1.84. The predicted molar refractivity (Wildman–Crippen MR) is 98.8 cm³/mol. The molecule has 24 heavy (non-hydrogen) atoms. The molecule has 0 heterocycles. The van der Waals surface area contributed by atoms with Crippen LogP contribution in [-0.4, -0.2) is 23.9 Å². The maximum Gasteiger partial charge on any atom is 0.251 e. The Morgan fingerprint density at radius 3 is 2.12 bits per heavy atom. The molecule has 3 atom stereocenters. The van der Waals surface area contributed by atoms with E-state index in [0.717, 1.165) is 19.3 Å². The third kappa shape index (κ3) is 6.73. The number of amides is 2. The van der Waals surface area contributed by atoms with Crippen LogP contribution in [0, 0.1) is 11.8 Å². The fourth-order valence-electron chi connectivity index (χ4n) is 2.50. The third-order valence-electron chi connectivity index (χ3n) is 4.38. The lowest BCUT2D eigenvalue weighted by Crippen LogP contribution is -2.52. The van der Waals surface area contributed by atoms with Crippen LogP contribution in [0.3, 0.4) is 0 Å². The first-order valence-electron chi connectivity index (χ1n) is 9.01. The van der Waals surface area contributed by atoms with Gasteiger partial charge in [-0.2, -0.15) is 0 Å². The van der Waals surface area contributed by atoms with Crippen molar-refractivity contribution in [2.75, 3.05) is 0 Å². The van der Waals surface area contributed by atoms with Gasteiger partial charge in [-0.1, -0.05) is 52.3 Å². The molecule has 2 amide bonds. The van der Waals surface area contributed by atoms with Crippen molar-refractivity contribution in [3.05, 3.63) is 35.9 Å². The molecule has 0 bridgehead atoms. The lowest BCUT2D eigenvalue weighted by atomic mass is 9.97. The SMILES string of the molecule is CCC(C)C(NC(=O)c1ccccc1)C(=O)NC(C)CCC(C)C. The molecule has 4 nitrogen and oxygen atoms in total. The van der Waals surface area contributed by atoms with Crippen molar-refractivity contribution in [3.8, 4) is 0 Å². The number of carbonyl (C=O) groups excluding carboxylic acids is 2. The Balaban J connectivity index is 2.70. The summed E-state index contributed by atoms with van der Waals surface area (Å²) in [6, 6.07) is 8.62. The number of hydrogen-bond donors (Lipinski definition) is 2. The van der Waals surface area contributed by atoms with Crippen LogP contribution < -0.4 is 10.6 Å². The van der Waals surface area contributed by atoms with E-state index in [1.54, 1.807) is 12.1 Å². The Labute approximate surface area is 146 Å². The van der Waals surface area contributed by atoms with Crippen molar-refractivity contribution >= 4 is 11.8 Å². The van der Waals surface area contributed by atoms with Crippen LogP contribution in [0.25, 0.3) is 0 Å². The Bertz CT molecular complexity index is 514. The Morgan fingerprint density at radius 1 is 0.958 bits per heavy atom. The second kappa shape index (κ2) is 10.1. The number of hydrogen-bond acceptors (Lipinski definition) is 2. The lowest BCUT2D eigenvalue weighted by Gasteiger charge is -2.25. The summed E-state index contributed by atoms with van der Waals surface area (Å²) in [4.78, 5) is 25.0. The van der Waals surface area contributed by atoms with Crippen LogP contribution in [0.1, 0.15) is 64.2 Å². The minimum atomic E-state index is -0.510. The van der Waals surface area contributed by atoms with Crippen LogP contribution in [0.4, 0.5) is 0 Å². The van der Waals surface area contributed by atoms with Crippen molar-refractivity contribution < 1.29 is 9.59 Å². The minimum absolute atomic E-state index is 0.0787. The molecule has 1 aromatic carbocycles. The molecule has 1 aromatic rings. The van der Waals surface area contributed by atoms with Gasteiger partial charge in [0.25, 0.3) is 5.91 Å². The van der Waals surface area contributed by atoms with Gasteiger partial charge in [-0.25, -0.2) is 0 Å². The third-order valence-corrected chi connectivity index (χ3v) is 4.38. The van der Waals surface area contributed by atoms with Crippen molar-refractivity contribution in [2.45, 2.75) is 66.0 Å². The van der Waals surface area contributed by atoms with Gasteiger partial charge in [-0.05, 0) is 43.7 Å². The summed E-state index contributed by atoms with van der Waals surface area (Å²) >= 11 is 0. The summed E-state index contributed by atoms with van der Waals surface area (Å²) in [5, 5.41) is 5.96. The number of benzene rings is 1. The second-order valence-electron chi connectivity index (χ2n) is 7.08. The van der Waals surface area contributed by atoms with E-state index in [1.807, 2.05) is 39.0 Å². The fraction of sp³-hybridized carbons (Fsp3) is 0.600. The lowest BCUT2D eigenvalue weighted by molar-refractivity contribution is -0.124. The molecular weight excluding hydrogens is 300 g/mol. The molecule has 0 aliphatic heterocycles. The van der Waals surface area contributed by atoms with Gasteiger partial charge in [0, 0.05) is 11.6 Å². The molecule has 0 aliphatic carbocycles. The molecule has 0 radical (unpaired) electrons. The van der Waals surface area contributed by atoms with Gasteiger partial charge in [-0.3, -0.25) is 9.59 Å². The van der Waals surface area contributed by atoms with Crippen LogP contribution >= 0.6 is 0 Å². The van der Waals surface area contributed by atoms with E-state index in [-0.39, 0.29) is 23.8 Å². The van der Waals surface area contributed by atoms with E-state index in [2.05, 4.69) is 24.5 Å². The topological polar surface area (TPSA) is 58.2 Å². The van der Waals surface area contributed by atoms with Gasteiger partial charge in [-0.15, -0.1) is 0 Å². The molecular formula is C20H32N2O2. The second-order valence-corrected chi connectivity index (χ2v) is 7.08. The van der Waals surface area contributed by atoms with E-state index in [1.165, 1.54) is 0 Å². The van der Waals surface area contributed by atoms with E-state index >= 15 is 0 Å². The van der Waals surface area contributed by atoms with Crippen molar-refractivity contribution in [3.63, 3.8) is 0 Å². The average molecular weight is 332 g/mol. The zero-order chi connectivity index (χ0) is 18.1. The van der Waals surface area contributed by atoms with Gasteiger partial charge >= 0.3 is 0 Å². The average Bonchev–Trinajstić information content (AvgIpc) is 2.57. The van der Waals surface area contributed by atoms with Gasteiger partial charge in [0.1, 0.15) is 6.04 Å². The number of nitrogens with one attached hydrogen (secondary N) is 2. The largest absolute Gasteiger partial charge is 0.352 e.